The van der Waals surface area contributed by atoms with Crippen molar-refractivity contribution in [2.75, 3.05) is 30.8 Å². The Morgan fingerprint density at radius 2 is 1.46 bits per heavy atom. The number of aryl methyl sites for hydroxylation is 1. The number of para-hydroxylation sites is 2. The molecule has 2 rings (SSSR count). The number of carbonyl (C=O) groups excluding carboxylic acids is 2. The SMILES string of the molecule is CCc1ccccc1NC(=O)CN(C)CC(=O)Nc1ccccc1. The average Bonchev–Trinajstić information content (AvgIpc) is 2.55. The summed E-state index contributed by atoms with van der Waals surface area (Å²) in [7, 11) is 1.75. The van der Waals surface area contributed by atoms with Crippen molar-refractivity contribution in [2.24, 2.45) is 0 Å². The van der Waals surface area contributed by atoms with Gasteiger partial charge in [0.2, 0.25) is 11.8 Å². The van der Waals surface area contributed by atoms with Crippen LogP contribution in [-0.4, -0.2) is 36.9 Å². The van der Waals surface area contributed by atoms with E-state index in [1.807, 2.05) is 61.5 Å². The minimum atomic E-state index is -0.148. The summed E-state index contributed by atoms with van der Waals surface area (Å²) in [4.78, 5) is 25.8. The molecule has 0 heterocycles. The van der Waals surface area contributed by atoms with E-state index in [1.54, 1.807) is 11.9 Å². The zero-order chi connectivity index (χ0) is 17.4. The molecule has 2 N–H and O–H groups in total. The quantitative estimate of drug-likeness (QED) is 0.823. The molecule has 2 aromatic rings. The van der Waals surface area contributed by atoms with Crippen molar-refractivity contribution in [3.8, 4) is 0 Å². The van der Waals surface area contributed by atoms with Crippen LogP contribution in [0.3, 0.4) is 0 Å². The largest absolute Gasteiger partial charge is 0.325 e. The van der Waals surface area contributed by atoms with Crippen molar-refractivity contribution in [1.82, 2.24) is 4.90 Å². The summed E-state index contributed by atoms with van der Waals surface area (Å²) < 4.78 is 0. The molecule has 24 heavy (non-hydrogen) atoms. The van der Waals surface area contributed by atoms with Crippen LogP contribution >= 0.6 is 0 Å². The van der Waals surface area contributed by atoms with Crippen LogP contribution in [0, 0.1) is 0 Å². The standard InChI is InChI=1S/C19H23N3O2/c1-3-15-9-7-8-12-17(15)21-19(24)14-22(2)13-18(23)20-16-10-5-4-6-11-16/h4-12H,3,13-14H2,1-2H3,(H,20,23)(H,21,24). The third-order valence-corrected chi connectivity index (χ3v) is 3.56. The first-order valence-corrected chi connectivity index (χ1v) is 7.99. The van der Waals surface area contributed by atoms with E-state index in [0.29, 0.717) is 0 Å². The summed E-state index contributed by atoms with van der Waals surface area (Å²) in [5.41, 5.74) is 2.67. The van der Waals surface area contributed by atoms with E-state index in [0.717, 1.165) is 23.4 Å². The maximum Gasteiger partial charge on any atom is 0.238 e. The molecule has 126 valence electrons. The van der Waals surface area contributed by atoms with Crippen LogP contribution in [0.15, 0.2) is 54.6 Å². The third-order valence-electron chi connectivity index (χ3n) is 3.56. The summed E-state index contributed by atoms with van der Waals surface area (Å²) in [6.07, 6.45) is 0.853. The van der Waals surface area contributed by atoms with Crippen molar-refractivity contribution in [2.45, 2.75) is 13.3 Å². The maximum absolute atomic E-state index is 12.1. The summed E-state index contributed by atoms with van der Waals surface area (Å²) in [5, 5.41) is 5.70. The number of nitrogens with zero attached hydrogens (tertiary/aromatic N) is 1. The van der Waals surface area contributed by atoms with Gasteiger partial charge in [0.25, 0.3) is 0 Å². The van der Waals surface area contributed by atoms with Gasteiger partial charge in [0.05, 0.1) is 13.1 Å². The number of nitrogens with one attached hydrogen (secondary N) is 2. The molecule has 0 aliphatic heterocycles. The van der Waals surface area contributed by atoms with Gasteiger partial charge in [0.1, 0.15) is 0 Å². The second-order valence-electron chi connectivity index (χ2n) is 5.65. The molecule has 5 heteroatoms. The summed E-state index contributed by atoms with van der Waals surface area (Å²) in [6, 6.07) is 17.0. The molecular formula is C19H23N3O2. The molecule has 0 saturated carbocycles. The lowest BCUT2D eigenvalue weighted by molar-refractivity contribution is -0.119. The molecule has 0 saturated heterocycles. The van der Waals surface area contributed by atoms with Gasteiger partial charge in [-0.15, -0.1) is 0 Å². The molecule has 2 amide bonds. The van der Waals surface area contributed by atoms with Gasteiger partial charge in [-0.05, 0) is 37.2 Å². The van der Waals surface area contributed by atoms with Gasteiger partial charge in [0.15, 0.2) is 0 Å². The van der Waals surface area contributed by atoms with Gasteiger partial charge in [-0.25, -0.2) is 0 Å². The highest BCUT2D eigenvalue weighted by Gasteiger charge is 2.12. The fraction of sp³-hybridized carbons (Fsp3) is 0.263. The smallest absolute Gasteiger partial charge is 0.238 e. The number of benzene rings is 2. The van der Waals surface area contributed by atoms with Crippen LogP contribution in [0.4, 0.5) is 11.4 Å². The van der Waals surface area contributed by atoms with Crippen LogP contribution in [-0.2, 0) is 16.0 Å². The monoisotopic (exact) mass is 325 g/mol. The maximum atomic E-state index is 12.1. The van der Waals surface area contributed by atoms with E-state index < -0.39 is 0 Å². The van der Waals surface area contributed by atoms with Gasteiger partial charge in [0, 0.05) is 11.4 Å². The van der Waals surface area contributed by atoms with E-state index in [4.69, 9.17) is 0 Å². The third kappa shape index (κ3) is 5.52. The molecule has 0 spiro atoms. The Bertz CT molecular complexity index is 686. The fourth-order valence-corrected chi connectivity index (χ4v) is 2.41. The van der Waals surface area contributed by atoms with E-state index in [1.165, 1.54) is 0 Å². The fourth-order valence-electron chi connectivity index (χ4n) is 2.41. The minimum absolute atomic E-state index is 0.133. The molecular weight excluding hydrogens is 302 g/mol. The first-order valence-electron chi connectivity index (χ1n) is 7.99. The number of hydrogen-bond donors (Lipinski definition) is 2. The Morgan fingerprint density at radius 1 is 0.875 bits per heavy atom. The van der Waals surface area contributed by atoms with E-state index in [9.17, 15) is 9.59 Å². The van der Waals surface area contributed by atoms with Crippen molar-refractivity contribution in [1.29, 1.82) is 0 Å². The number of hydrogen-bond acceptors (Lipinski definition) is 3. The predicted octanol–water partition coefficient (Wildman–Crippen LogP) is 2.76. The highest BCUT2D eigenvalue weighted by molar-refractivity contribution is 5.95. The second kappa shape index (κ2) is 8.84. The molecule has 2 aromatic carbocycles. The Hall–Kier alpha value is -2.66. The molecule has 0 unspecified atom stereocenters. The zero-order valence-electron chi connectivity index (χ0n) is 14.1. The normalized spacial score (nSPS) is 10.5. The Morgan fingerprint density at radius 3 is 2.12 bits per heavy atom. The highest BCUT2D eigenvalue weighted by atomic mass is 16.2. The second-order valence-corrected chi connectivity index (χ2v) is 5.65. The van der Waals surface area contributed by atoms with E-state index in [-0.39, 0.29) is 24.9 Å². The number of carbonyl (C=O) groups is 2. The molecule has 0 aliphatic carbocycles. The predicted molar refractivity (Wildman–Crippen MR) is 97.0 cm³/mol. The van der Waals surface area contributed by atoms with Crippen molar-refractivity contribution >= 4 is 23.2 Å². The van der Waals surface area contributed by atoms with Crippen molar-refractivity contribution in [3.05, 3.63) is 60.2 Å². The van der Waals surface area contributed by atoms with E-state index >= 15 is 0 Å². The Balaban J connectivity index is 1.82. The first kappa shape index (κ1) is 17.7. The van der Waals surface area contributed by atoms with Crippen LogP contribution in [0.25, 0.3) is 0 Å². The Kier molecular flexibility index (Phi) is 6.51. The Labute approximate surface area is 142 Å². The molecule has 0 aromatic heterocycles. The lowest BCUT2D eigenvalue weighted by atomic mass is 10.1. The molecule has 0 bridgehead atoms. The number of likely N-dealkylation sites (N-methyl/N-ethyl adjacent to an activating group) is 1. The van der Waals surface area contributed by atoms with Crippen molar-refractivity contribution < 1.29 is 9.59 Å². The summed E-state index contributed by atoms with van der Waals surface area (Å²) in [5.74, 6) is -0.281. The minimum Gasteiger partial charge on any atom is -0.325 e. The van der Waals surface area contributed by atoms with Gasteiger partial charge < -0.3 is 10.6 Å². The topological polar surface area (TPSA) is 61.4 Å². The molecule has 0 fully saturated rings. The average molecular weight is 325 g/mol. The molecule has 0 aliphatic rings. The summed E-state index contributed by atoms with van der Waals surface area (Å²) >= 11 is 0. The van der Waals surface area contributed by atoms with Gasteiger partial charge >= 0.3 is 0 Å². The lowest BCUT2D eigenvalue weighted by Gasteiger charge is -2.17. The molecule has 5 nitrogen and oxygen atoms in total. The molecule has 0 atom stereocenters. The van der Waals surface area contributed by atoms with Crippen LogP contribution in [0.1, 0.15) is 12.5 Å². The lowest BCUT2D eigenvalue weighted by Crippen LogP contribution is -2.36. The van der Waals surface area contributed by atoms with Crippen LogP contribution in [0.5, 0.6) is 0 Å². The number of anilines is 2. The van der Waals surface area contributed by atoms with Gasteiger partial charge in [-0.2, -0.15) is 0 Å². The van der Waals surface area contributed by atoms with E-state index in [2.05, 4.69) is 10.6 Å². The van der Waals surface area contributed by atoms with Crippen LogP contribution < -0.4 is 10.6 Å². The van der Waals surface area contributed by atoms with Crippen molar-refractivity contribution in [3.63, 3.8) is 0 Å². The zero-order valence-corrected chi connectivity index (χ0v) is 14.1. The number of rotatable bonds is 7. The first-order chi connectivity index (χ1) is 11.6. The number of amides is 2. The van der Waals surface area contributed by atoms with Crippen LogP contribution in [0.2, 0.25) is 0 Å². The van der Waals surface area contributed by atoms with Gasteiger partial charge in [-0.3, -0.25) is 14.5 Å². The highest BCUT2D eigenvalue weighted by Crippen LogP contribution is 2.15. The molecule has 0 radical (unpaired) electrons. The summed E-state index contributed by atoms with van der Waals surface area (Å²) in [6.45, 7) is 2.35. The van der Waals surface area contributed by atoms with Gasteiger partial charge in [-0.1, -0.05) is 43.3 Å².